The average molecular weight is 333 g/mol. The lowest BCUT2D eigenvalue weighted by atomic mass is 10.1. The molecule has 0 radical (unpaired) electrons. The number of nitrogens with one attached hydrogen (secondary N) is 1. The van der Waals surface area contributed by atoms with Crippen LogP contribution in [-0.4, -0.2) is 36.1 Å². The average Bonchev–Trinajstić information content (AvgIpc) is 2.55. The van der Waals surface area contributed by atoms with Gasteiger partial charge in [-0.2, -0.15) is 4.98 Å². The predicted octanol–water partition coefficient (Wildman–Crippen LogP) is 2.99. The first-order valence-electron chi connectivity index (χ1n) is 7.85. The molecule has 0 spiro atoms. The summed E-state index contributed by atoms with van der Waals surface area (Å²) in [6.07, 6.45) is -0.161. The summed E-state index contributed by atoms with van der Waals surface area (Å²) < 4.78 is 5.94. The molecule has 1 saturated heterocycles. The van der Waals surface area contributed by atoms with Crippen LogP contribution in [0, 0.1) is 6.92 Å². The van der Waals surface area contributed by atoms with Crippen LogP contribution in [0.5, 0.6) is 6.01 Å². The first-order valence-corrected chi connectivity index (χ1v) is 8.23. The van der Waals surface area contributed by atoms with Crippen molar-refractivity contribution in [1.29, 1.82) is 0 Å². The van der Waals surface area contributed by atoms with Crippen molar-refractivity contribution in [1.82, 2.24) is 15.3 Å². The lowest BCUT2D eigenvalue weighted by Gasteiger charge is -2.28. The largest absolute Gasteiger partial charge is 0.456 e. The zero-order valence-electron chi connectivity index (χ0n) is 13.4. The van der Waals surface area contributed by atoms with E-state index >= 15 is 0 Å². The third-order valence-electron chi connectivity index (χ3n) is 3.86. The number of benzene rings is 1. The minimum absolute atomic E-state index is 0.161. The van der Waals surface area contributed by atoms with Gasteiger partial charge in [0.15, 0.2) is 0 Å². The molecule has 1 fully saturated rings. The summed E-state index contributed by atoms with van der Waals surface area (Å²) in [6.45, 7) is 7.77. The van der Waals surface area contributed by atoms with Gasteiger partial charge in [-0.05, 0) is 31.5 Å². The molecule has 0 bridgehead atoms. The summed E-state index contributed by atoms with van der Waals surface area (Å²) >= 11 is 6.04. The SMILES string of the molecule is Cc1cc(N2CCNCC2)nc(OC(C)c2cccc(Cl)c2)n1. The molecule has 1 aliphatic rings. The van der Waals surface area contributed by atoms with Crippen LogP contribution >= 0.6 is 11.6 Å². The minimum Gasteiger partial charge on any atom is -0.456 e. The molecule has 5 nitrogen and oxygen atoms in total. The van der Waals surface area contributed by atoms with Crippen molar-refractivity contribution in [2.75, 3.05) is 31.1 Å². The van der Waals surface area contributed by atoms with Gasteiger partial charge in [0, 0.05) is 43.0 Å². The number of hydrogen-bond acceptors (Lipinski definition) is 5. The fourth-order valence-corrected chi connectivity index (χ4v) is 2.82. The molecular formula is C17H21ClN4O. The first-order chi connectivity index (χ1) is 11.1. The van der Waals surface area contributed by atoms with E-state index in [-0.39, 0.29) is 6.10 Å². The number of rotatable bonds is 4. The van der Waals surface area contributed by atoms with Crippen LogP contribution in [0.4, 0.5) is 5.82 Å². The van der Waals surface area contributed by atoms with Crippen LogP contribution in [0.3, 0.4) is 0 Å². The second-order valence-corrected chi connectivity index (χ2v) is 6.14. The van der Waals surface area contributed by atoms with Crippen molar-refractivity contribution in [2.45, 2.75) is 20.0 Å². The van der Waals surface area contributed by atoms with Gasteiger partial charge in [-0.25, -0.2) is 4.98 Å². The monoisotopic (exact) mass is 332 g/mol. The highest BCUT2D eigenvalue weighted by Crippen LogP contribution is 2.23. The van der Waals surface area contributed by atoms with Crippen molar-refractivity contribution in [2.24, 2.45) is 0 Å². The van der Waals surface area contributed by atoms with Crippen LogP contribution in [0.25, 0.3) is 0 Å². The Hall–Kier alpha value is -1.85. The molecule has 0 saturated carbocycles. The van der Waals surface area contributed by atoms with E-state index < -0.39 is 0 Å². The number of halogens is 1. The van der Waals surface area contributed by atoms with Gasteiger partial charge in [0.25, 0.3) is 0 Å². The van der Waals surface area contributed by atoms with Gasteiger partial charge in [0.05, 0.1) is 0 Å². The standard InChI is InChI=1S/C17H21ClN4O/c1-12-10-16(22-8-6-19-7-9-22)21-17(20-12)23-13(2)14-4-3-5-15(18)11-14/h3-5,10-11,13,19H,6-9H2,1-2H3. The Kier molecular flexibility index (Phi) is 4.98. The Balaban J connectivity index is 1.78. The van der Waals surface area contributed by atoms with Gasteiger partial charge in [0.1, 0.15) is 11.9 Å². The lowest BCUT2D eigenvalue weighted by molar-refractivity contribution is 0.207. The van der Waals surface area contributed by atoms with Crippen LogP contribution in [0.2, 0.25) is 5.02 Å². The maximum Gasteiger partial charge on any atom is 0.319 e. The van der Waals surface area contributed by atoms with Gasteiger partial charge >= 0.3 is 6.01 Å². The number of aryl methyl sites for hydroxylation is 1. The molecule has 1 N–H and O–H groups in total. The molecule has 122 valence electrons. The Morgan fingerprint density at radius 1 is 1.22 bits per heavy atom. The van der Waals surface area contributed by atoms with Gasteiger partial charge in [-0.3, -0.25) is 0 Å². The maximum absolute atomic E-state index is 6.04. The van der Waals surface area contributed by atoms with Gasteiger partial charge < -0.3 is 15.0 Å². The Morgan fingerprint density at radius 2 is 2.00 bits per heavy atom. The molecule has 1 aromatic heterocycles. The second kappa shape index (κ2) is 7.15. The third-order valence-corrected chi connectivity index (χ3v) is 4.10. The van der Waals surface area contributed by atoms with Crippen molar-refractivity contribution in [3.8, 4) is 6.01 Å². The van der Waals surface area contributed by atoms with Gasteiger partial charge in [-0.1, -0.05) is 23.7 Å². The van der Waals surface area contributed by atoms with E-state index in [0.29, 0.717) is 11.0 Å². The molecule has 1 atom stereocenters. The number of anilines is 1. The Morgan fingerprint density at radius 3 is 2.74 bits per heavy atom. The molecule has 23 heavy (non-hydrogen) atoms. The number of ether oxygens (including phenoxy) is 1. The van der Waals surface area contributed by atoms with Crippen LogP contribution < -0.4 is 15.0 Å². The van der Waals surface area contributed by atoms with E-state index in [2.05, 4.69) is 20.2 Å². The molecule has 2 aromatic rings. The topological polar surface area (TPSA) is 50.3 Å². The minimum atomic E-state index is -0.161. The number of hydrogen-bond donors (Lipinski definition) is 1. The zero-order valence-corrected chi connectivity index (χ0v) is 14.2. The molecule has 0 aliphatic carbocycles. The molecule has 2 heterocycles. The fraction of sp³-hybridized carbons (Fsp3) is 0.412. The van der Waals surface area contributed by atoms with E-state index in [0.717, 1.165) is 43.3 Å². The quantitative estimate of drug-likeness (QED) is 0.932. The van der Waals surface area contributed by atoms with Crippen LogP contribution in [-0.2, 0) is 0 Å². The van der Waals surface area contributed by atoms with E-state index in [1.54, 1.807) is 0 Å². The van der Waals surface area contributed by atoms with Gasteiger partial charge in [-0.15, -0.1) is 0 Å². The highest BCUT2D eigenvalue weighted by Gasteiger charge is 2.16. The molecule has 0 amide bonds. The van der Waals surface area contributed by atoms with Crippen molar-refractivity contribution in [3.63, 3.8) is 0 Å². The fourth-order valence-electron chi connectivity index (χ4n) is 2.62. The summed E-state index contributed by atoms with van der Waals surface area (Å²) in [4.78, 5) is 11.2. The summed E-state index contributed by atoms with van der Waals surface area (Å²) in [6, 6.07) is 10.1. The number of aromatic nitrogens is 2. The smallest absolute Gasteiger partial charge is 0.319 e. The summed E-state index contributed by atoms with van der Waals surface area (Å²) in [5.41, 5.74) is 1.91. The molecule has 3 rings (SSSR count). The number of piperazine rings is 1. The summed E-state index contributed by atoms with van der Waals surface area (Å²) in [5.74, 6) is 0.923. The van der Waals surface area contributed by atoms with E-state index in [4.69, 9.17) is 16.3 Å². The maximum atomic E-state index is 6.04. The second-order valence-electron chi connectivity index (χ2n) is 5.70. The van der Waals surface area contributed by atoms with Crippen LogP contribution in [0.15, 0.2) is 30.3 Å². The van der Waals surface area contributed by atoms with Crippen molar-refractivity contribution >= 4 is 17.4 Å². The summed E-state index contributed by atoms with van der Waals surface area (Å²) in [5, 5.41) is 4.04. The normalized spacial score (nSPS) is 16.2. The highest BCUT2D eigenvalue weighted by atomic mass is 35.5. The predicted molar refractivity (Wildman–Crippen MR) is 92.3 cm³/mol. The van der Waals surface area contributed by atoms with Crippen molar-refractivity contribution < 1.29 is 4.74 Å². The summed E-state index contributed by atoms with van der Waals surface area (Å²) in [7, 11) is 0. The molecule has 1 aromatic carbocycles. The lowest BCUT2D eigenvalue weighted by Crippen LogP contribution is -2.44. The zero-order chi connectivity index (χ0) is 16.2. The van der Waals surface area contributed by atoms with Crippen molar-refractivity contribution in [3.05, 3.63) is 46.6 Å². The highest BCUT2D eigenvalue weighted by molar-refractivity contribution is 6.30. The van der Waals surface area contributed by atoms with Gasteiger partial charge in [0.2, 0.25) is 0 Å². The van der Waals surface area contributed by atoms with E-state index in [9.17, 15) is 0 Å². The van der Waals surface area contributed by atoms with E-state index in [1.807, 2.05) is 44.2 Å². The number of nitrogens with zero attached hydrogens (tertiary/aromatic N) is 3. The molecule has 1 unspecified atom stereocenters. The molecule has 1 aliphatic heterocycles. The molecular weight excluding hydrogens is 312 g/mol. The molecule has 6 heteroatoms. The van der Waals surface area contributed by atoms with Crippen LogP contribution in [0.1, 0.15) is 24.3 Å². The Labute approximate surface area is 141 Å². The first kappa shape index (κ1) is 16.0. The Bertz CT molecular complexity index is 673. The van der Waals surface area contributed by atoms with E-state index in [1.165, 1.54) is 0 Å². The third kappa shape index (κ3) is 4.12.